The van der Waals surface area contributed by atoms with Gasteiger partial charge < -0.3 is 10.1 Å². The number of carbonyl (C=O) groups is 1. The Labute approximate surface area is 138 Å². The molecule has 1 atom stereocenters. The molecule has 0 aliphatic rings. The molecule has 3 nitrogen and oxygen atoms in total. The highest BCUT2D eigenvalue weighted by Gasteiger charge is 2.15. The lowest BCUT2D eigenvalue weighted by atomic mass is 9.97. The normalized spacial score (nSPS) is 12.0. The van der Waals surface area contributed by atoms with Crippen molar-refractivity contribution in [2.75, 3.05) is 6.61 Å². The fourth-order valence-electron chi connectivity index (χ4n) is 2.48. The summed E-state index contributed by atoms with van der Waals surface area (Å²) >= 11 is 0. The Kier molecular flexibility index (Phi) is 6.67. The van der Waals surface area contributed by atoms with E-state index in [0.29, 0.717) is 18.9 Å². The summed E-state index contributed by atoms with van der Waals surface area (Å²) in [6.07, 6.45) is 1.28. The van der Waals surface area contributed by atoms with Gasteiger partial charge in [0, 0.05) is 0 Å². The van der Waals surface area contributed by atoms with Crippen LogP contribution < -0.4 is 10.1 Å². The van der Waals surface area contributed by atoms with Crippen LogP contribution in [0.3, 0.4) is 0 Å². The summed E-state index contributed by atoms with van der Waals surface area (Å²) < 4.78 is 5.58. The van der Waals surface area contributed by atoms with Gasteiger partial charge in [0.05, 0.1) is 19.1 Å². The summed E-state index contributed by atoms with van der Waals surface area (Å²) in [7, 11) is 0. The molecule has 23 heavy (non-hydrogen) atoms. The molecule has 0 aromatic heterocycles. The van der Waals surface area contributed by atoms with Gasteiger partial charge in [-0.2, -0.15) is 0 Å². The molecule has 0 radical (unpaired) electrons. The highest BCUT2D eigenvalue weighted by molar-refractivity contribution is 5.76. The molecule has 2 rings (SSSR count). The first kappa shape index (κ1) is 17.1. The first-order chi connectivity index (χ1) is 11.1. The molecular weight excluding hydrogens is 286 g/mol. The van der Waals surface area contributed by atoms with Crippen LogP contribution in [0.1, 0.15) is 38.3 Å². The van der Waals surface area contributed by atoms with Crippen molar-refractivity contribution in [3.8, 4) is 5.75 Å². The third-order valence-electron chi connectivity index (χ3n) is 3.59. The summed E-state index contributed by atoms with van der Waals surface area (Å²) in [6, 6.07) is 19.8. The Morgan fingerprint density at radius 3 is 2.22 bits per heavy atom. The van der Waals surface area contributed by atoms with Gasteiger partial charge in [0.25, 0.3) is 0 Å². The van der Waals surface area contributed by atoms with Crippen LogP contribution in [-0.4, -0.2) is 12.5 Å². The quantitative estimate of drug-likeness (QED) is 0.786. The van der Waals surface area contributed by atoms with Crippen LogP contribution in [-0.2, 0) is 4.79 Å². The molecule has 0 aliphatic heterocycles. The lowest BCUT2D eigenvalue weighted by Crippen LogP contribution is -2.30. The van der Waals surface area contributed by atoms with E-state index in [1.54, 1.807) is 0 Å². The van der Waals surface area contributed by atoms with Gasteiger partial charge in [-0.05, 0) is 30.0 Å². The lowest BCUT2D eigenvalue weighted by molar-refractivity contribution is -0.122. The van der Waals surface area contributed by atoms with Crippen LogP contribution in [0.2, 0.25) is 0 Å². The molecule has 0 saturated carbocycles. The van der Waals surface area contributed by atoms with Crippen molar-refractivity contribution in [1.82, 2.24) is 5.32 Å². The smallest absolute Gasteiger partial charge is 0.223 e. The molecular formula is C20H25NO2. The van der Waals surface area contributed by atoms with Crippen LogP contribution in [0, 0.1) is 5.92 Å². The molecule has 2 aromatic rings. The van der Waals surface area contributed by atoms with Gasteiger partial charge in [-0.25, -0.2) is 0 Å². The summed E-state index contributed by atoms with van der Waals surface area (Å²) in [4.78, 5) is 12.2. The molecule has 0 spiro atoms. The van der Waals surface area contributed by atoms with Gasteiger partial charge in [-0.3, -0.25) is 4.79 Å². The summed E-state index contributed by atoms with van der Waals surface area (Å²) in [5, 5.41) is 3.13. The maximum atomic E-state index is 12.2. The Balaban J connectivity index is 1.85. The van der Waals surface area contributed by atoms with Crippen molar-refractivity contribution in [2.24, 2.45) is 5.92 Å². The van der Waals surface area contributed by atoms with E-state index in [9.17, 15) is 4.79 Å². The van der Waals surface area contributed by atoms with Crippen LogP contribution in [0.5, 0.6) is 5.75 Å². The summed E-state index contributed by atoms with van der Waals surface area (Å²) in [5.74, 6) is 1.33. The van der Waals surface area contributed by atoms with E-state index in [1.807, 2.05) is 48.5 Å². The monoisotopic (exact) mass is 311 g/mol. The molecule has 122 valence electrons. The van der Waals surface area contributed by atoms with E-state index < -0.39 is 0 Å². The molecule has 0 aliphatic carbocycles. The number of para-hydroxylation sites is 1. The van der Waals surface area contributed by atoms with E-state index in [4.69, 9.17) is 4.74 Å². The fourth-order valence-corrected chi connectivity index (χ4v) is 2.48. The van der Waals surface area contributed by atoms with E-state index in [1.165, 1.54) is 0 Å². The molecule has 3 heteroatoms. The first-order valence-electron chi connectivity index (χ1n) is 8.17. The SMILES string of the molecule is CC(C)CC(NC(=O)CCOc1ccccc1)c1ccccc1. The number of carbonyl (C=O) groups excluding carboxylic acids is 1. The standard InChI is InChI=1S/C20H25NO2/c1-16(2)15-19(17-9-5-3-6-10-17)21-20(22)13-14-23-18-11-7-4-8-12-18/h3-12,16,19H,13-15H2,1-2H3,(H,21,22). The largest absolute Gasteiger partial charge is 0.493 e. The lowest BCUT2D eigenvalue weighted by Gasteiger charge is -2.21. The Morgan fingerprint density at radius 1 is 1.00 bits per heavy atom. The van der Waals surface area contributed by atoms with Crippen LogP contribution in [0.4, 0.5) is 0 Å². The van der Waals surface area contributed by atoms with Crippen molar-refractivity contribution in [1.29, 1.82) is 0 Å². The van der Waals surface area contributed by atoms with Crippen LogP contribution in [0.15, 0.2) is 60.7 Å². The predicted octanol–water partition coefficient (Wildman–Crippen LogP) is 4.36. The van der Waals surface area contributed by atoms with Gasteiger partial charge in [-0.15, -0.1) is 0 Å². The van der Waals surface area contributed by atoms with Crippen LogP contribution in [0.25, 0.3) is 0 Å². The fraction of sp³-hybridized carbons (Fsp3) is 0.350. The number of hydrogen-bond acceptors (Lipinski definition) is 2. The summed E-state index contributed by atoms with van der Waals surface area (Å²) in [6.45, 7) is 4.72. The number of amides is 1. The van der Waals surface area contributed by atoms with Crippen LogP contribution >= 0.6 is 0 Å². The molecule has 1 N–H and O–H groups in total. The molecule has 0 heterocycles. The molecule has 1 unspecified atom stereocenters. The second-order valence-corrected chi connectivity index (χ2v) is 6.07. The average molecular weight is 311 g/mol. The number of nitrogens with one attached hydrogen (secondary N) is 1. The van der Waals surface area contributed by atoms with Gasteiger partial charge in [0.1, 0.15) is 5.75 Å². The zero-order chi connectivity index (χ0) is 16.5. The van der Waals surface area contributed by atoms with Gasteiger partial charge in [0.2, 0.25) is 5.91 Å². The Morgan fingerprint density at radius 2 is 1.61 bits per heavy atom. The van der Waals surface area contributed by atoms with Crippen molar-refractivity contribution in [3.05, 3.63) is 66.2 Å². The Hall–Kier alpha value is -2.29. The van der Waals surface area contributed by atoms with E-state index >= 15 is 0 Å². The highest BCUT2D eigenvalue weighted by atomic mass is 16.5. The molecule has 1 amide bonds. The molecule has 0 fully saturated rings. The summed E-state index contributed by atoms with van der Waals surface area (Å²) in [5.41, 5.74) is 1.15. The average Bonchev–Trinajstić information content (AvgIpc) is 2.56. The van der Waals surface area contributed by atoms with Crippen molar-refractivity contribution in [3.63, 3.8) is 0 Å². The van der Waals surface area contributed by atoms with Crippen molar-refractivity contribution >= 4 is 5.91 Å². The Bertz CT molecular complexity index is 581. The van der Waals surface area contributed by atoms with E-state index in [2.05, 4.69) is 31.3 Å². The molecule has 2 aromatic carbocycles. The maximum absolute atomic E-state index is 12.2. The van der Waals surface area contributed by atoms with Gasteiger partial charge >= 0.3 is 0 Å². The van der Waals surface area contributed by atoms with E-state index in [-0.39, 0.29) is 11.9 Å². The number of rotatable bonds is 8. The zero-order valence-electron chi connectivity index (χ0n) is 13.9. The van der Waals surface area contributed by atoms with Crippen molar-refractivity contribution < 1.29 is 9.53 Å². The van der Waals surface area contributed by atoms with E-state index in [0.717, 1.165) is 17.7 Å². The van der Waals surface area contributed by atoms with Gasteiger partial charge in [-0.1, -0.05) is 62.4 Å². The first-order valence-corrected chi connectivity index (χ1v) is 8.17. The maximum Gasteiger partial charge on any atom is 0.223 e. The minimum atomic E-state index is 0.0236. The molecule has 0 saturated heterocycles. The topological polar surface area (TPSA) is 38.3 Å². The number of benzene rings is 2. The van der Waals surface area contributed by atoms with Crippen molar-refractivity contribution in [2.45, 2.75) is 32.7 Å². The predicted molar refractivity (Wildman–Crippen MR) is 93.3 cm³/mol. The third kappa shape index (κ3) is 6.15. The third-order valence-corrected chi connectivity index (χ3v) is 3.59. The minimum Gasteiger partial charge on any atom is -0.493 e. The van der Waals surface area contributed by atoms with Gasteiger partial charge in [0.15, 0.2) is 0 Å². The second kappa shape index (κ2) is 8.99. The number of hydrogen-bond donors (Lipinski definition) is 1. The minimum absolute atomic E-state index is 0.0236. The number of ether oxygens (including phenoxy) is 1. The second-order valence-electron chi connectivity index (χ2n) is 6.07. The highest BCUT2D eigenvalue weighted by Crippen LogP contribution is 2.21. The molecule has 0 bridgehead atoms. The zero-order valence-corrected chi connectivity index (χ0v) is 13.9.